The summed E-state index contributed by atoms with van der Waals surface area (Å²) in [6.07, 6.45) is 1.52. The summed E-state index contributed by atoms with van der Waals surface area (Å²) in [7, 11) is -2.14. The molecule has 1 fully saturated rings. The Hall–Kier alpha value is -2.58. The lowest BCUT2D eigenvalue weighted by Gasteiger charge is -2.39. The van der Waals surface area contributed by atoms with Crippen molar-refractivity contribution in [2.24, 2.45) is 0 Å². The number of sulfonamides is 1. The lowest BCUT2D eigenvalue weighted by molar-refractivity contribution is -0.134. The fourth-order valence-corrected chi connectivity index (χ4v) is 5.17. The number of carbonyl (C=O) groups is 1. The van der Waals surface area contributed by atoms with Gasteiger partial charge in [0.2, 0.25) is 15.9 Å². The fourth-order valence-electron chi connectivity index (χ4n) is 3.97. The zero-order chi connectivity index (χ0) is 22.4. The molecule has 2 aromatic carbocycles. The molecule has 1 saturated heterocycles. The molecule has 168 valence electrons. The first kappa shape index (κ1) is 23.1. The highest BCUT2D eigenvalue weighted by Crippen LogP contribution is 2.27. The van der Waals surface area contributed by atoms with Crippen LogP contribution in [-0.2, 0) is 21.4 Å². The molecule has 7 nitrogen and oxygen atoms in total. The standard InChI is InChI=1S/C23H31N3O4S/c1-4-22(26(31(3,28)29)20-11-8-12-21(17-20)30-2)23(27)25-15-13-24(14-16-25)18-19-9-6-5-7-10-19/h5-12,17,22H,4,13-16,18H2,1-3H3/t22-/m0/s1. The highest BCUT2D eigenvalue weighted by atomic mass is 32.2. The van der Waals surface area contributed by atoms with E-state index in [2.05, 4.69) is 17.0 Å². The molecular formula is C23H31N3O4S. The van der Waals surface area contributed by atoms with Gasteiger partial charge in [-0.05, 0) is 24.1 Å². The van der Waals surface area contributed by atoms with E-state index >= 15 is 0 Å². The molecule has 0 radical (unpaired) electrons. The van der Waals surface area contributed by atoms with Gasteiger partial charge >= 0.3 is 0 Å². The summed E-state index contributed by atoms with van der Waals surface area (Å²) >= 11 is 0. The van der Waals surface area contributed by atoms with Crippen LogP contribution < -0.4 is 9.04 Å². The molecule has 2 aromatic rings. The third-order valence-corrected chi connectivity index (χ3v) is 6.73. The molecule has 0 unspecified atom stereocenters. The molecule has 0 aliphatic carbocycles. The number of methoxy groups -OCH3 is 1. The van der Waals surface area contributed by atoms with Gasteiger partial charge < -0.3 is 9.64 Å². The summed E-state index contributed by atoms with van der Waals surface area (Å²) in [5.74, 6) is 0.387. The molecule has 1 atom stereocenters. The van der Waals surface area contributed by atoms with Gasteiger partial charge in [0.05, 0.1) is 19.1 Å². The summed E-state index contributed by atoms with van der Waals surface area (Å²) in [6, 6.07) is 16.3. The Kier molecular flexibility index (Phi) is 7.56. The van der Waals surface area contributed by atoms with Crippen LogP contribution in [0, 0.1) is 0 Å². The second-order valence-corrected chi connectivity index (χ2v) is 9.63. The number of carbonyl (C=O) groups excluding carboxylic acids is 1. The second-order valence-electron chi connectivity index (χ2n) is 7.77. The largest absolute Gasteiger partial charge is 0.497 e. The maximum Gasteiger partial charge on any atom is 0.246 e. The lowest BCUT2D eigenvalue weighted by atomic mass is 10.1. The molecular weight excluding hydrogens is 414 g/mol. The molecule has 1 aliphatic heterocycles. The highest BCUT2D eigenvalue weighted by molar-refractivity contribution is 7.92. The minimum atomic E-state index is -3.67. The zero-order valence-corrected chi connectivity index (χ0v) is 19.2. The van der Waals surface area contributed by atoms with E-state index in [4.69, 9.17) is 4.74 Å². The number of ether oxygens (including phenoxy) is 1. The van der Waals surface area contributed by atoms with Crippen LogP contribution in [0.4, 0.5) is 5.69 Å². The lowest BCUT2D eigenvalue weighted by Crippen LogP contribution is -2.55. The van der Waals surface area contributed by atoms with Gasteiger partial charge in [-0.1, -0.05) is 43.3 Å². The molecule has 0 spiro atoms. The minimum Gasteiger partial charge on any atom is -0.497 e. The number of benzene rings is 2. The molecule has 1 heterocycles. The first-order chi connectivity index (χ1) is 14.8. The van der Waals surface area contributed by atoms with E-state index in [-0.39, 0.29) is 5.91 Å². The van der Waals surface area contributed by atoms with E-state index in [0.29, 0.717) is 30.9 Å². The monoisotopic (exact) mass is 445 g/mol. The molecule has 3 rings (SSSR count). The topological polar surface area (TPSA) is 70.2 Å². The number of piperazine rings is 1. The van der Waals surface area contributed by atoms with Crippen LogP contribution in [0.2, 0.25) is 0 Å². The number of anilines is 1. The smallest absolute Gasteiger partial charge is 0.246 e. The van der Waals surface area contributed by atoms with E-state index in [9.17, 15) is 13.2 Å². The average Bonchev–Trinajstić information content (AvgIpc) is 2.77. The van der Waals surface area contributed by atoms with E-state index in [0.717, 1.165) is 25.9 Å². The quantitative estimate of drug-likeness (QED) is 0.625. The van der Waals surface area contributed by atoms with Crippen LogP contribution in [0.5, 0.6) is 5.75 Å². The van der Waals surface area contributed by atoms with Gasteiger partial charge in [-0.3, -0.25) is 14.0 Å². The van der Waals surface area contributed by atoms with Crippen LogP contribution >= 0.6 is 0 Å². The molecule has 0 bridgehead atoms. The second kappa shape index (κ2) is 10.2. The van der Waals surface area contributed by atoms with Crippen molar-refractivity contribution in [3.63, 3.8) is 0 Å². The Labute approximate surface area is 185 Å². The summed E-state index contributed by atoms with van der Waals surface area (Å²) in [5.41, 5.74) is 1.68. The van der Waals surface area contributed by atoms with Gasteiger partial charge in [-0.15, -0.1) is 0 Å². The Morgan fingerprint density at radius 2 is 1.74 bits per heavy atom. The van der Waals surface area contributed by atoms with Gasteiger partial charge in [0.15, 0.2) is 0 Å². The van der Waals surface area contributed by atoms with E-state index in [1.54, 1.807) is 29.2 Å². The van der Waals surface area contributed by atoms with Gasteiger partial charge in [0, 0.05) is 38.8 Å². The number of amides is 1. The van der Waals surface area contributed by atoms with E-state index in [1.807, 2.05) is 25.1 Å². The molecule has 8 heteroatoms. The predicted octanol–water partition coefficient (Wildman–Crippen LogP) is 2.58. The van der Waals surface area contributed by atoms with Crippen molar-refractivity contribution in [2.45, 2.75) is 25.9 Å². The van der Waals surface area contributed by atoms with Gasteiger partial charge in [0.1, 0.15) is 11.8 Å². The fraction of sp³-hybridized carbons (Fsp3) is 0.435. The Morgan fingerprint density at radius 3 is 2.32 bits per heavy atom. The Bertz CT molecular complexity index is 973. The maximum absolute atomic E-state index is 13.4. The molecule has 0 saturated carbocycles. The predicted molar refractivity (Wildman–Crippen MR) is 123 cm³/mol. The highest BCUT2D eigenvalue weighted by Gasteiger charge is 2.35. The average molecular weight is 446 g/mol. The summed E-state index contributed by atoms with van der Waals surface area (Å²) in [5, 5.41) is 0. The van der Waals surface area contributed by atoms with Crippen molar-refractivity contribution < 1.29 is 17.9 Å². The van der Waals surface area contributed by atoms with Gasteiger partial charge in [-0.25, -0.2) is 8.42 Å². The van der Waals surface area contributed by atoms with E-state index < -0.39 is 16.1 Å². The zero-order valence-electron chi connectivity index (χ0n) is 18.4. The number of nitrogens with zero attached hydrogens (tertiary/aromatic N) is 3. The molecule has 0 aromatic heterocycles. The van der Waals surface area contributed by atoms with E-state index in [1.165, 1.54) is 17.0 Å². The molecule has 31 heavy (non-hydrogen) atoms. The third-order valence-electron chi connectivity index (χ3n) is 5.55. The SMILES string of the molecule is CC[C@@H](C(=O)N1CCN(Cc2ccccc2)CC1)N(c1cccc(OC)c1)S(C)(=O)=O. The van der Waals surface area contributed by atoms with Crippen molar-refractivity contribution in [1.82, 2.24) is 9.80 Å². The molecule has 1 aliphatic rings. The molecule has 0 N–H and O–H groups in total. The van der Waals surface area contributed by atoms with Crippen molar-refractivity contribution in [3.8, 4) is 5.75 Å². The van der Waals surface area contributed by atoms with Crippen molar-refractivity contribution in [2.75, 3.05) is 43.8 Å². The van der Waals surface area contributed by atoms with Crippen LogP contribution in [0.25, 0.3) is 0 Å². The number of rotatable bonds is 8. The number of hydrogen-bond donors (Lipinski definition) is 0. The minimum absolute atomic E-state index is 0.157. The van der Waals surface area contributed by atoms with Crippen LogP contribution in [0.1, 0.15) is 18.9 Å². The van der Waals surface area contributed by atoms with Gasteiger partial charge in [-0.2, -0.15) is 0 Å². The third kappa shape index (κ3) is 5.77. The maximum atomic E-state index is 13.4. The first-order valence-electron chi connectivity index (χ1n) is 10.5. The van der Waals surface area contributed by atoms with Crippen molar-refractivity contribution >= 4 is 21.6 Å². The normalized spacial score (nSPS) is 16.0. The van der Waals surface area contributed by atoms with Crippen LogP contribution in [-0.4, -0.2) is 69.7 Å². The van der Waals surface area contributed by atoms with Crippen molar-refractivity contribution in [3.05, 3.63) is 60.2 Å². The van der Waals surface area contributed by atoms with Gasteiger partial charge in [0.25, 0.3) is 0 Å². The van der Waals surface area contributed by atoms with Crippen LogP contribution in [0.3, 0.4) is 0 Å². The summed E-state index contributed by atoms with van der Waals surface area (Å²) < 4.78 is 31.8. The van der Waals surface area contributed by atoms with Crippen molar-refractivity contribution in [1.29, 1.82) is 0 Å². The Morgan fingerprint density at radius 1 is 1.06 bits per heavy atom. The molecule has 1 amide bonds. The summed E-state index contributed by atoms with van der Waals surface area (Å²) in [4.78, 5) is 17.5. The Balaban J connectivity index is 1.73. The first-order valence-corrected chi connectivity index (χ1v) is 12.4. The van der Waals surface area contributed by atoms with Crippen LogP contribution in [0.15, 0.2) is 54.6 Å². The number of hydrogen-bond acceptors (Lipinski definition) is 5. The summed E-state index contributed by atoms with van der Waals surface area (Å²) in [6.45, 7) is 5.37.